The minimum Gasteiger partial charge on any atom is -0.497 e. The van der Waals surface area contributed by atoms with Gasteiger partial charge in [-0.25, -0.2) is 13.2 Å². The SMILES string of the molecule is COc1cccc(NC(=O)N2CCOC3(C2)CN(S(C)(=O)=O)CCCO3)c1. The molecule has 0 radical (unpaired) electrons. The van der Waals surface area contributed by atoms with E-state index < -0.39 is 15.8 Å². The van der Waals surface area contributed by atoms with Crippen LogP contribution >= 0.6 is 0 Å². The van der Waals surface area contributed by atoms with E-state index in [1.807, 2.05) is 0 Å². The van der Waals surface area contributed by atoms with Gasteiger partial charge < -0.3 is 24.4 Å². The minimum atomic E-state index is -3.38. The van der Waals surface area contributed by atoms with Crippen LogP contribution in [-0.2, 0) is 19.5 Å². The van der Waals surface area contributed by atoms with Gasteiger partial charge in [0.25, 0.3) is 0 Å². The smallest absolute Gasteiger partial charge is 0.322 e. The molecule has 2 heterocycles. The Bertz CT molecular complexity index is 787. The summed E-state index contributed by atoms with van der Waals surface area (Å²) in [5.74, 6) is -0.508. The number of urea groups is 1. The van der Waals surface area contributed by atoms with Gasteiger partial charge in [-0.1, -0.05) is 6.07 Å². The second kappa shape index (κ2) is 8.01. The summed E-state index contributed by atoms with van der Waals surface area (Å²) in [6.07, 6.45) is 1.75. The number of nitrogens with zero attached hydrogens (tertiary/aromatic N) is 2. The van der Waals surface area contributed by atoms with Gasteiger partial charge in [0.05, 0.1) is 39.7 Å². The van der Waals surface area contributed by atoms with E-state index in [1.165, 1.54) is 10.6 Å². The zero-order chi connectivity index (χ0) is 19.5. The van der Waals surface area contributed by atoms with E-state index in [0.717, 1.165) is 0 Å². The lowest BCUT2D eigenvalue weighted by molar-refractivity contribution is -0.257. The summed E-state index contributed by atoms with van der Waals surface area (Å²) in [6, 6.07) is 6.77. The van der Waals surface area contributed by atoms with Gasteiger partial charge in [-0.05, 0) is 18.6 Å². The number of hydrogen-bond acceptors (Lipinski definition) is 6. The molecular weight excluding hydrogens is 374 g/mol. The number of anilines is 1. The first-order valence-electron chi connectivity index (χ1n) is 8.74. The first-order valence-corrected chi connectivity index (χ1v) is 10.6. The topological polar surface area (TPSA) is 97.4 Å². The van der Waals surface area contributed by atoms with Crippen LogP contribution in [0.4, 0.5) is 10.5 Å². The monoisotopic (exact) mass is 399 g/mol. The number of methoxy groups -OCH3 is 1. The number of ether oxygens (including phenoxy) is 3. The van der Waals surface area contributed by atoms with E-state index in [0.29, 0.717) is 37.6 Å². The van der Waals surface area contributed by atoms with E-state index in [-0.39, 0.29) is 25.7 Å². The molecular formula is C17H25N3O6S. The quantitative estimate of drug-likeness (QED) is 0.812. The number of morpholine rings is 1. The Labute approximate surface area is 159 Å². The molecule has 0 saturated carbocycles. The Kier molecular flexibility index (Phi) is 5.89. The number of carbonyl (C=O) groups excluding carboxylic acids is 1. The molecule has 1 aromatic carbocycles. The fraction of sp³-hybridized carbons (Fsp3) is 0.588. The number of amides is 2. The highest BCUT2D eigenvalue weighted by molar-refractivity contribution is 7.88. The summed E-state index contributed by atoms with van der Waals surface area (Å²) in [7, 11) is -1.82. The molecule has 150 valence electrons. The number of sulfonamides is 1. The van der Waals surface area contributed by atoms with Crippen molar-refractivity contribution in [2.75, 3.05) is 58.1 Å². The summed E-state index contributed by atoms with van der Waals surface area (Å²) in [6.45, 7) is 1.61. The Morgan fingerprint density at radius 1 is 1.22 bits per heavy atom. The van der Waals surface area contributed by atoms with Crippen molar-refractivity contribution in [1.82, 2.24) is 9.21 Å². The molecule has 27 heavy (non-hydrogen) atoms. The number of carbonyl (C=O) groups is 1. The lowest BCUT2D eigenvalue weighted by Crippen LogP contribution is -2.60. The van der Waals surface area contributed by atoms with Gasteiger partial charge in [0.1, 0.15) is 5.75 Å². The van der Waals surface area contributed by atoms with Crippen LogP contribution in [0.25, 0.3) is 0 Å². The Hall–Kier alpha value is -1.88. The second-order valence-corrected chi connectivity index (χ2v) is 8.62. The van der Waals surface area contributed by atoms with Crippen molar-refractivity contribution in [3.63, 3.8) is 0 Å². The number of benzene rings is 1. The van der Waals surface area contributed by atoms with Crippen LogP contribution in [-0.4, -0.2) is 82.2 Å². The molecule has 1 unspecified atom stereocenters. The minimum absolute atomic E-state index is 0.0643. The summed E-state index contributed by atoms with van der Waals surface area (Å²) >= 11 is 0. The normalized spacial score (nSPS) is 24.4. The van der Waals surface area contributed by atoms with E-state index in [4.69, 9.17) is 14.2 Å². The average Bonchev–Trinajstić information content (AvgIpc) is 2.84. The molecule has 0 aromatic heterocycles. The van der Waals surface area contributed by atoms with Crippen molar-refractivity contribution in [3.05, 3.63) is 24.3 Å². The van der Waals surface area contributed by atoms with Gasteiger partial charge in [0.2, 0.25) is 10.0 Å². The molecule has 2 fully saturated rings. The van der Waals surface area contributed by atoms with Crippen molar-refractivity contribution in [1.29, 1.82) is 0 Å². The summed E-state index contributed by atoms with van der Waals surface area (Å²) in [4.78, 5) is 14.3. The first kappa shape index (κ1) is 19.9. The van der Waals surface area contributed by atoms with Gasteiger partial charge in [-0.3, -0.25) is 0 Å². The lowest BCUT2D eigenvalue weighted by Gasteiger charge is -2.42. The van der Waals surface area contributed by atoms with Gasteiger partial charge in [0, 0.05) is 24.8 Å². The summed E-state index contributed by atoms with van der Waals surface area (Å²) in [5, 5.41) is 2.83. The Balaban J connectivity index is 1.71. The third kappa shape index (κ3) is 4.89. The van der Waals surface area contributed by atoms with Gasteiger partial charge in [-0.2, -0.15) is 4.31 Å². The zero-order valence-corrected chi connectivity index (χ0v) is 16.3. The maximum Gasteiger partial charge on any atom is 0.322 e. The third-order valence-electron chi connectivity index (χ3n) is 4.57. The maximum absolute atomic E-state index is 12.7. The lowest BCUT2D eigenvalue weighted by atomic mass is 10.2. The standard InChI is InChI=1S/C17H25N3O6S/c1-24-15-6-3-5-14(11-15)18-16(21)19-8-10-26-17(12-19)13-20(27(2,22)23)7-4-9-25-17/h3,5-6,11H,4,7-10,12-13H2,1-2H3,(H,18,21). The largest absolute Gasteiger partial charge is 0.497 e. The predicted octanol–water partition coefficient (Wildman–Crippen LogP) is 0.938. The molecule has 1 N–H and O–H groups in total. The van der Waals surface area contributed by atoms with Crippen LogP contribution in [0, 0.1) is 0 Å². The van der Waals surface area contributed by atoms with Crippen LogP contribution < -0.4 is 10.1 Å². The second-order valence-electron chi connectivity index (χ2n) is 6.64. The highest BCUT2D eigenvalue weighted by Gasteiger charge is 2.44. The molecule has 2 aliphatic rings. The first-order chi connectivity index (χ1) is 12.8. The molecule has 2 amide bonds. The Morgan fingerprint density at radius 3 is 2.74 bits per heavy atom. The molecule has 1 aromatic rings. The van der Waals surface area contributed by atoms with Crippen LogP contribution in [0.2, 0.25) is 0 Å². The molecule has 2 aliphatic heterocycles. The van der Waals surface area contributed by atoms with Crippen LogP contribution in [0.1, 0.15) is 6.42 Å². The fourth-order valence-electron chi connectivity index (χ4n) is 3.19. The van der Waals surface area contributed by atoms with E-state index >= 15 is 0 Å². The van der Waals surface area contributed by atoms with Crippen molar-refractivity contribution < 1.29 is 27.4 Å². The molecule has 10 heteroatoms. The average molecular weight is 399 g/mol. The number of nitrogens with one attached hydrogen (secondary N) is 1. The van der Waals surface area contributed by atoms with Crippen LogP contribution in [0.5, 0.6) is 5.75 Å². The summed E-state index contributed by atoms with van der Waals surface area (Å²) < 4.78 is 42.2. The molecule has 0 aliphatic carbocycles. The summed E-state index contributed by atoms with van der Waals surface area (Å²) in [5.41, 5.74) is 0.611. The van der Waals surface area contributed by atoms with Crippen molar-refractivity contribution in [2.45, 2.75) is 12.2 Å². The van der Waals surface area contributed by atoms with Crippen molar-refractivity contribution >= 4 is 21.7 Å². The van der Waals surface area contributed by atoms with Crippen molar-refractivity contribution in [3.8, 4) is 5.75 Å². The predicted molar refractivity (Wildman–Crippen MR) is 99.3 cm³/mol. The van der Waals surface area contributed by atoms with Gasteiger partial charge >= 0.3 is 6.03 Å². The van der Waals surface area contributed by atoms with Crippen molar-refractivity contribution in [2.24, 2.45) is 0 Å². The highest BCUT2D eigenvalue weighted by Crippen LogP contribution is 2.26. The van der Waals surface area contributed by atoms with Gasteiger partial charge in [0.15, 0.2) is 5.79 Å². The van der Waals surface area contributed by atoms with Crippen LogP contribution in [0.3, 0.4) is 0 Å². The zero-order valence-electron chi connectivity index (χ0n) is 15.5. The molecule has 0 bridgehead atoms. The third-order valence-corrected chi connectivity index (χ3v) is 5.82. The maximum atomic E-state index is 12.7. The Morgan fingerprint density at radius 2 is 2.00 bits per heavy atom. The van der Waals surface area contributed by atoms with Crippen LogP contribution in [0.15, 0.2) is 24.3 Å². The van der Waals surface area contributed by atoms with E-state index in [2.05, 4.69) is 5.32 Å². The van der Waals surface area contributed by atoms with E-state index in [9.17, 15) is 13.2 Å². The molecule has 9 nitrogen and oxygen atoms in total. The molecule has 2 saturated heterocycles. The molecule has 3 rings (SSSR count). The number of rotatable bonds is 3. The molecule has 1 spiro atoms. The molecule has 1 atom stereocenters. The highest BCUT2D eigenvalue weighted by atomic mass is 32.2. The fourth-order valence-corrected chi connectivity index (χ4v) is 4.08. The number of hydrogen-bond donors (Lipinski definition) is 1. The van der Waals surface area contributed by atoms with E-state index in [1.54, 1.807) is 36.3 Å². The van der Waals surface area contributed by atoms with Gasteiger partial charge in [-0.15, -0.1) is 0 Å².